The van der Waals surface area contributed by atoms with Crippen LogP contribution in [0.15, 0.2) is 22.0 Å². The molecule has 0 saturated heterocycles. The number of rotatable bonds is 0. The molecule has 1 N–H and O–H groups in total. The number of phenolic OH excluding ortho intramolecular Hbond substituents is 1. The van der Waals surface area contributed by atoms with Crippen molar-refractivity contribution < 1.29 is 5.11 Å². The van der Waals surface area contributed by atoms with Crippen molar-refractivity contribution in [1.82, 2.24) is 0 Å². The van der Waals surface area contributed by atoms with Crippen molar-refractivity contribution in [2.45, 2.75) is 0 Å². The van der Waals surface area contributed by atoms with Gasteiger partial charge in [0.25, 0.3) is 0 Å². The molecular weight excluding hydrogens is 351 g/mol. The van der Waals surface area contributed by atoms with Gasteiger partial charge in [0.15, 0.2) is 0 Å². The quantitative estimate of drug-likeness (QED) is 0.709. The van der Waals surface area contributed by atoms with Crippen molar-refractivity contribution in [3.63, 3.8) is 0 Å². The zero-order valence-corrected chi connectivity index (χ0v) is 10.4. The summed E-state index contributed by atoms with van der Waals surface area (Å²) in [5, 5.41) is 12.6. The first-order valence-electron chi connectivity index (χ1n) is 3.24. The van der Waals surface area contributed by atoms with Gasteiger partial charge in [-0.25, -0.2) is 0 Å². The van der Waals surface area contributed by atoms with E-state index in [9.17, 15) is 5.11 Å². The SMILES string of the molecule is Oc1cc2ccsc2c(I)c1Br. The van der Waals surface area contributed by atoms with Gasteiger partial charge in [0.1, 0.15) is 5.75 Å². The Morgan fingerprint density at radius 3 is 3.00 bits per heavy atom. The minimum absolute atomic E-state index is 0.310. The highest BCUT2D eigenvalue weighted by atomic mass is 127. The van der Waals surface area contributed by atoms with Crippen molar-refractivity contribution in [1.29, 1.82) is 0 Å². The van der Waals surface area contributed by atoms with E-state index in [0.717, 1.165) is 13.4 Å². The van der Waals surface area contributed by atoms with Crippen LogP contribution in [0.2, 0.25) is 0 Å². The van der Waals surface area contributed by atoms with Crippen LogP contribution < -0.4 is 0 Å². The Hall–Kier alpha value is 0.190. The van der Waals surface area contributed by atoms with Crippen molar-refractivity contribution in [3.05, 3.63) is 25.6 Å². The monoisotopic (exact) mass is 354 g/mol. The summed E-state index contributed by atoms with van der Waals surface area (Å²) in [4.78, 5) is 0. The molecule has 0 radical (unpaired) electrons. The van der Waals surface area contributed by atoms with E-state index in [0.29, 0.717) is 5.75 Å². The van der Waals surface area contributed by atoms with Crippen LogP contribution in [-0.2, 0) is 0 Å². The lowest BCUT2D eigenvalue weighted by molar-refractivity contribution is 0.472. The number of thiophene rings is 1. The highest BCUT2D eigenvalue weighted by Crippen LogP contribution is 2.37. The summed E-state index contributed by atoms with van der Waals surface area (Å²) in [6.07, 6.45) is 0. The predicted octanol–water partition coefficient (Wildman–Crippen LogP) is 3.97. The van der Waals surface area contributed by atoms with Crippen molar-refractivity contribution in [3.8, 4) is 5.75 Å². The van der Waals surface area contributed by atoms with Gasteiger partial charge in [0.05, 0.1) is 4.47 Å². The van der Waals surface area contributed by atoms with Crippen LogP contribution in [-0.4, -0.2) is 5.11 Å². The number of halogens is 2. The van der Waals surface area contributed by atoms with Crippen LogP contribution in [0.4, 0.5) is 0 Å². The third-order valence-electron chi connectivity index (χ3n) is 1.60. The lowest BCUT2D eigenvalue weighted by atomic mass is 10.2. The molecule has 1 aromatic carbocycles. The predicted molar refractivity (Wildman–Crippen MR) is 63.9 cm³/mol. The molecule has 0 aliphatic heterocycles. The molecule has 0 aliphatic carbocycles. The van der Waals surface area contributed by atoms with E-state index in [-0.39, 0.29) is 0 Å². The van der Waals surface area contributed by atoms with Gasteiger partial charge >= 0.3 is 0 Å². The van der Waals surface area contributed by atoms with E-state index >= 15 is 0 Å². The second-order valence-corrected chi connectivity index (χ2v) is 5.15. The number of phenols is 1. The highest BCUT2D eigenvalue weighted by Gasteiger charge is 2.08. The van der Waals surface area contributed by atoms with Gasteiger partial charge in [0, 0.05) is 8.27 Å². The average molecular weight is 355 g/mol. The largest absolute Gasteiger partial charge is 0.507 e. The molecule has 4 heteroatoms. The third kappa shape index (κ3) is 1.25. The Labute approximate surface area is 95.7 Å². The maximum atomic E-state index is 9.47. The molecular formula is C8H4BrIOS. The Kier molecular flexibility index (Phi) is 2.31. The molecule has 2 aromatic rings. The molecule has 0 saturated carbocycles. The van der Waals surface area contributed by atoms with Crippen molar-refractivity contribution >= 4 is 59.9 Å². The number of hydrogen-bond acceptors (Lipinski definition) is 2. The summed E-state index contributed by atoms with van der Waals surface area (Å²) in [7, 11) is 0. The molecule has 0 fully saturated rings. The van der Waals surface area contributed by atoms with E-state index in [2.05, 4.69) is 38.5 Å². The van der Waals surface area contributed by atoms with Gasteiger partial charge in [-0.05, 0) is 61.4 Å². The molecule has 12 heavy (non-hydrogen) atoms. The molecule has 1 heterocycles. The summed E-state index contributed by atoms with van der Waals surface area (Å²) in [5.74, 6) is 0.310. The maximum Gasteiger partial charge on any atom is 0.131 e. The molecule has 1 nitrogen and oxygen atoms in total. The van der Waals surface area contributed by atoms with Gasteiger partial charge in [-0.3, -0.25) is 0 Å². The first kappa shape index (κ1) is 8.77. The van der Waals surface area contributed by atoms with E-state index in [1.54, 1.807) is 17.4 Å². The molecule has 1 aromatic heterocycles. The molecule has 0 bridgehead atoms. The highest BCUT2D eigenvalue weighted by molar-refractivity contribution is 14.1. The first-order chi connectivity index (χ1) is 5.70. The van der Waals surface area contributed by atoms with Gasteiger partial charge in [0.2, 0.25) is 0 Å². The molecule has 2 rings (SSSR count). The Bertz CT molecular complexity index is 438. The normalized spacial score (nSPS) is 10.8. The fourth-order valence-electron chi connectivity index (χ4n) is 1.03. The van der Waals surface area contributed by atoms with Gasteiger partial charge < -0.3 is 5.11 Å². The van der Waals surface area contributed by atoms with Crippen LogP contribution in [0.25, 0.3) is 10.1 Å². The summed E-state index contributed by atoms with van der Waals surface area (Å²) >= 11 is 7.25. The average Bonchev–Trinajstić information content (AvgIpc) is 2.48. The van der Waals surface area contributed by atoms with Crippen LogP contribution >= 0.6 is 49.9 Å². The third-order valence-corrected chi connectivity index (χ3v) is 5.54. The van der Waals surface area contributed by atoms with Crippen LogP contribution in [0.5, 0.6) is 5.75 Å². The van der Waals surface area contributed by atoms with Crippen molar-refractivity contribution in [2.24, 2.45) is 0 Å². The van der Waals surface area contributed by atoms with Gasteiger partial charge in [-0.2, -0.15) is 0 Å². The topological polar surface area (TPSA) is 20.2 Å². The van der Waals surface area contributed by atoms with E-state index < -0.39 is 0 Å². The number of fused-ring (bicyclic) bond motifs is 1. The molecule has 0 aliphatic rings. The van der Waals surface area contributed by atoms with E-state index in [1.165, 1.54) is 4.70 Å². The summed E-state index contributed by atoms with van der Waals surface area (Å²) in [6.45, 7) is 0. The molecule has 0 amide bonds. The number of aromatic hydroxyl groups is 1. The van der Waals surface area contributed by atoms with Crippen LogP contribution in [0.3, 0.4) is 0 Å². The summed E-state index contributed by atoms with van der Waals surface area (Å²) in [5.41, 5.74) is 0. The Morgan fingerprint density at radius 1 is 1.50 bits per heavy atom. The van der Waals surface area contributed by atoms with E-state index in [4.69, 9.17) is 0 Å². The lowest BCUT2D eigenvalue weighted by Crippen LogP contribution is -1.75. The van der Waals surface area contributed by atoms with E-state index in [1.807, 2.05) is 11.4 Å². The second-order valence-electron chi connectivity index (χ2n) is 2.36. The molecule has 62 valence electrons. The Balaban J connectivity index is 2.94. The summed E-state index contributed by atoms with van der Waals surface area (Å²) < 4.78 is 3.09. The minimum atomic E-state index is 0.310. The molecule has 0 atom stereocenters. The lowest BCUT2D eigenvalue weighted by Gasteiger charge is -2.00. The zero-order chi connectivity index (χ0) is 8.72. The smallest absolute Gasteiger partial charge is 0.131 e. The first-order valence-corrected chi connectivity index (χ1v) is 5.99. The maximum absolute atomic E-state index is 9.47. The van der Waals surface area contributed by atoms with Crippen molar-refractivity contribution in [2.75, 3.05) is 0 Å². The van der Waals surface area contributed by atoms with Crippen LogP contribution in [0.1, 0.15) is 0 Å². The summed E-state index contributed by atoms with van der Waals surface area (Å²) in [6, 6.07) is 3.78. The molecule has 0 spiro atoms. The van der Waals surface area contributed by atoms with Gasteiger partial charge in [-0.15, -0.1) is 11.3 Å². The van der Waals surface area contributed by atoms with Crippen LogP contribution in [0, 0.1) is 3.57 Å². The number of hydrogen-bond donors (Lipinski definition) is 1. The Morgan fingerprint density at radius 2 is 2.25 bits per heavy atom. The number of benzene rings is 1. The molecule has 0 unspecified atom stereocenters. The second kappa shape index (κ2) is 3.16. The zero-order valence-electron chi connectivity index (χ0n) is 5.84. The minimum Gasteiger partial charge on any atom is -0.507 e. The standard InChI is InChI=1S/C8H4BrIOS/c9-6-5(11)3-4-1-2-12-8(4)7(6)10/h1-3,11H. The van der Waals surface area contributed by atoms with Gasteiger partial charge in [-0.1, -0.05) is 0 Å². The fourth-order valence-corrected chi connectivity index (χ4v) is 3.27. The fraction of sp³-hybridized carbons (Fsp3) is 0.